The third-order valence-electron chi connectivity index (χ3n) is 3.78. The molecule has 104 valence electrons. The molecule has 1 unspecified atom stereocenters. The van der Waals surface area contributed by atoms with Crippen molar-refractivity contribution in [1.29, 1.82) is 0 Å². The highest BCUT2D eigenvalue weighted by molar-refractivity contribution is 5.76. The predicted molar refractivity (Wildman–Crippen MR) is 75.8 cm³/mol. The number of carbonyl (C=O) groups is 1. The number of benzene rings is 1. The molecule has 1 aliphatic rings. The first-order chi connectivity index (χ1) is 9.16. The molecule has 1 saturated heterocycles. The molecule has 1 atom stereocenters. The molecule has 1 N–H and O–H groups in total. The van der Waals surface area contributed by atoms with Gasteiger partial charge in [0.15, 0.2) is 0 Å². The molecule has 0 bridgehead atoms. The second kappa shape index (κ2) is 6.71. The highest BCUT2D eigenvalue weighted by Gasteiger charge is 2.19. The summed E-state index contributed by atoms with van der Waals surface area (Å²) in [5.74, 6) is 0.186. The zero-order valence-electron chi connectivity index (χ0n) is 11.6. The largest absolute Gasteiger partial charge is 0.387 e. The van der Waals surface area contributed by atoms with Gasteiger partial charge in [0, 0.05) is 13.0 Å². The number of hydrogen-bond donors (Lipinski definition) is 1. The van der Waals surface area contributed by atoms with E-state index in [-0.39, 0.29) is 5.91 Å². The number of nitrogens with zero attached hydrogens (tertiary/aromatic N) is 1. The van der Waals surface area contributed by atoms with Crippen molar-refractivity contribution in [2.24, 2.45) is 0 Å². The third-order valence-corrected chi connectivity index (χ3v) is 3.78. The molecule has 1 aromatic carbocycles. The lowest BCUT2D eigenvalue weighted by atomic mass is 10.0. The molecule has 0 spiro atoms. The van der Waals surface area contributed by atoms with Gasteiger partial charge >= 0.3 is 0 Å². The zero-order chi connectivity index (χ0) is 13.7. The van der Waals surface area contributed by atoms with E-state index in [0.717, 1.165) is 31.4 Å². The van der Waals surface area contributed by atoms with Crippen molar-refractivity contribution < 1.29 is 9.90 Å². The number of aryl methyl sites for hydroxylation is 1. The first kappa shape index (κ1) is 14.1. The van der Waals surface area contributed by atoms with Crippen molar-refractivity contribution in [3.63, 3.8) is 0 Å². The molecule has 1 amide bonds. The van der Waals surface area contributed by atoms with Crippen molar-refractivity contribution in [1.82, 2.24) is 4.90 Å². The van der Waals surface area contributed by atoms with Crippen LogP contribution >= 0.6 is 0 Å². The average molecular weight is 261 g/mol. The van der Waals surface area contributed by atoms with Gasteiger partial charge in [0.25, 0.3) is 0 Å². The summed E-state index contributed by atoms with van der Waals surface area (Å²) in [4.78, 5) is 13.8. The van der Waals surface area contributed by atoms with Crippen LogP contribution < -0.4 is 0 Å². The number of amides is 1. The Bertz CT molecular complexity index is 413. The fraction of sp³-hybridized carbons (Fsp3) is 0.562. The van der Waals surface area contributed by atoms with Crippen LogP contribution in [0.25, 0.3) is 0 Å². The third kappa shape index (κ3) is 4.06. The molecule has 0 saturated carbocycles. The average Bonchev–Trinajstić information content (AvgIpc) is 2.39. The predicted octanol–water partition coefficient (Wildman–Crippen LogP) is 2.82. The Hall–Kier alpha value is -1.35. The number of carbonyl (C=O) groups excluding carboxylic acids is 1. The summed E-state index contributed by atoms with van der Waals surface area (Å²) < 4.78 is 0. The van der Waals surface area contributed by atoms with Gasteiger partial charge in [-0.25, -0.2) is 0 Å². The van der Waals surface area contributed by atoms with Gasteiger partial charge in [-0.15, -0.1) is 0 Å². The van der Waals surface area contributed by atoms with Crippen LogP contribution in [0.3, 0.4) is 0 Å². The van der Waals surface area contributed by atoms with Crippen molar-refractivity contribution in [2.75, 3.05) is 13.1 Å². The molecule has 2 rings (SSSR count). The standard InChI is InChI=1S/C16H23NO2/c1-13-7-9-14(10-8-13)15(18)12-17-11-5-3-2-4-6-16(17)19/h7-10,15,18H,2-6,11-12H2,1H3. The Morgan fingerprint density at radius 1 is 1.16 bits per heavy atom. The van der Waals surface area contributed by atoms with E-state index in [1.54, 1.807) is 0 Å². The molecule has 1 aromatic rings. The molecule has 1 aliphatic heterocycles. The van der Waals surface area contributed by atoms with E-state index < -0.39 is 6.10 Å². The maximum atomic E-state index is 12.0. The summed E-state index contributed by atoms with van der Waals surface area (Å²) in [5.41, 5.74) is 2.07. The van der Waals surface area contributed by atoms with Crippen molar-refractivity contribution in [2.45, 2.75) is 45.1 Å². The van der Waals surface area contributed by atoms with Crippen LogP contribution in [0.15, 0.2) is 24.3 Å². The number of rotatable bonds is 3. The topological polar surface area (TPSA) is 40.5 Å². The van der Waals surface area contributed by atoms with Crippen LogP contribution in [0, 0.1) is 6.92 Å². The van der Waals surface area contributed by atoms with Crippen LogP contribution in [-0.2, 0) is 4.79 Å². The number of β-amino-alcohol motifs (C(OH)–C–C–N with tert-alkyl or cyclic N) is 1. The molecular formula is C16H23NO2. The van der Waals surface area contributed by atoms with E-state index in [1.165, 1.54) is 12.0 Å². The summed E-state index contributed by atoms with van der Waals surface area (Å²) in [7, 11) is 0. The molecule has 0 radical (unpaired) electrons. The monoisotopic (exact) mass is 261 g/mol. The summed E-state index contributed by atoms with van der Waals surface area (Å²) in [6.07, 6.45) is 4.41. The first-order valence-corrected chi connectivity index (χ1v) is 7.19. The smallest absolute Gasteiger partial charge is 0.222 e. The maximum absolute atomic E-state index is 12.0. The summed E-state index contributed by atoms with van der Waals surface area (Å²) in [5, 5.41) is 10.2. The molecule has 0 aromatic heterocycles. The molecule has 1 fully saturated rings. The molecule has 19 heavy (non-hydrogen) atoms. The van der Waals surface area contributed by atoms with Gasteiger partial charge in [-0.05, 0) is 25.3 Å². The van der Waals surface area contributed by atoms with Gasteiger partial charge in [0.2, 0.25) is 5.91 Å². The van der Waals surface area contributed by atoms with Crippen LogP contribution in [0.4, 0.5) is 0 Å². The fourth-order valence-corrected chi connectivity index (χ4v) is 2.51. The summed E-state index contributed by atoms with van der Waals surface area (Å²) in [6, 6.07) is 7.87. The lowest BCUT2D eigenvalue weighted by Crippen LogP contribution is -2.36. The van der Waals surface area contributed by atoms with E-state index >= 15 is 0 Å². The Balaban J connectivity index is 1.97. The Labute approximate surface area is 115 Å². The number of hydrogen-bond acceptors (Lipinski definition) is 2. The Morgan fingerprint density at radius 3 is 2.58 bits per heavy atom. The minimum absolute atomic E-state index is 0.186. The second-order valence-corrected chi connectivity index (χ2v) is 5.43. The number of likely N-dealkylation sites (tertiary alicyclic amines) is 1. The van der Waals surface area contributed by atoms with Crippen LogP contribution in [0.5, 0.6) is 0 Å². The summed E-state index contributed by atoms with van der Waals surface area (Å²) in [6.45, 7) is 3.22. The van der Waals surface area contributed by atoms with Gasteiger partial charge in [0.05, 0.1) is 12.6 Å². The minimum Gasteiger partial charge on any atom is -0.387 e. The van der Waals surface area contributed by atoms with Gasteiger partial charge in [-0.3, -0.25) is 4.79 Å². The van der Waals surface area contributed by atoms with E-state index in [4.69, 9.17) is 0 Å². The van der Waals surface area contributed by atoms with Crippen molar-refractivity contribution >= 4 is 5.91 Å². The van der Waals surface area contributed by atoms with Crippen molar-refractivity contribution in [3.8, 4) is 0 Å². The molecular weight excluding hydrogens is 238 g/mol. The first-order valence-electron chi connectivity index (χ1n) is 7.19. The van der Waals surface area contributed by atoms with Gasteiger partial charge in [-0.2, -0.15) is 0 Å². The molecule has 1 heterocycles. The van der Waals surface area contributed by atoms with Gasteiger partial charge in [0.1, 0.15) is 0 Å². The normalized spacial score (nSPS) is 18.8. The van der Waals surface area contributed by atoms with E-state index in [2.05, 4.69) is 0 Å². The Morgan fingerprint density at radius 2 is 1.84 bits per heavy atom. The maximum Gasteiger partial charge on any atom is 0.222 e. The highest BCUT2D eigenvalue weighted by atomic mass is 16.3. The zero-order valence-corrected chi connectivity index (χ0v) is 11.6. The van der Waals surface area contributed by atoms with Gasteiger partial charge < -0.3 is 10.0 Å². The van der Waals surface area contributed by atoms with Crippen LogP contribution in [0.2, 0.25) is 0 Å². The van der Waals surface area contributed by atoms with E-state index in [9.17, 15) is 9.90 Å². The van der Waals surface area contributed by atoms with Gasteiger partial charge in [-0.1, -0.05) is 42.7 Å². The lowest BCUT2D eigenvalue weighted by Gasteiger charge is -2.27. The Kier molecular flexibility index (Phi) is 4.97. The lowest BCUT2D eigenvalue weighted by molar-refractivity contribution is -0.133. The summed E-state index contributed by atoms with van der Waals surface area (Å²) >= 11 is 0. The fourth-order valence-electron chi connectivity index (χ4n) is 2.51. The molecule has 0 aliphatic carbocycles. The van der Waals surface area contributed by atoms with E-state index in [1.807, 2.05) is 36.1 Å². The molecule has 3 heteroatoms. The van der Waals surface area contributed by atoms with Crippen LogP contribution in [0.1, 0.15) is 49.3 Å². The van der Waals surface area contributed by atoms with E-state index in [0.29, 0.717) is 13.0 Å². The quantitative estimate of drug-likeness (QED) is 0.909. The van der Waals surface area contributed by atoms with Crippen molar-refractivity contribution in [3.05, 3.63) is 35.4 Å². The SMILES string of the molecule is Cc1ccc(C(O)CN2CCCCCCC2=O)cc1. The highest BCUT2D eigenvalue weighted by Crippen LogP contribution is 2.18. The molecule has 3 nitrogen and oxygen atoms in total. The second-order valence-electron chi connectivity index (χ2n) is 5.43. The number of aliphatic hydroxyl groups excluding tert-OH is 1. The minimum atomic E-state index is -0.580. The van der Waals surface area contributed by atoms with Crippen LogP contribution in [-0.4, -0.2) is 29.0 Å². The number of aliphatic hydroxyl groups is 1.